The second kappa shape index (κ2) is 5.77. The van der Waals surface area contributed by atoms with Crippen molar-refractivity contribution in [2.24, 2.45) is 0 Å². The van der Waals surface area contributed by atoms with Crippen LogP contribution in [-0.2, 0) is 12.8 Å². The van der Waals surface area contributed by atoms with Gasteiger partial charge in [-0.1, -0.05) is 13.8 Å². The summed E-state index contributed by atoms with van der Waals surface area (Å²) in [6.07, 6.45) is 3.21. The molecule has 2 rings (SSSR count). The molecule has 0 saturated heterocycles. The molecule has 0 fully saturated rings. The van der Waals surface area contributed by atoms with Crippen LogP contribution in [0.1, 0.15) is 38.0 Å². The van der Waals surface area contributed by atoms with E-state index in [-0.39, 0.29) is 0 Å². The van der Waals surface area contributed by atoms with E-state index in [0.29, 0.717) is 0 Å². The Morgan fingerprint density at radius 1 is 1.16 bits per heavy atom. The number of anilines is 1. The fourth-order valence-corrected chi connectivity index (χ4v) is 1.94. The van der Waals surface area contributed by atoms with Crippen LogP contribution in [-0.4, -0.2) is 31.3 Å². The quantitative estimate of drug-likeness (QED) is 0.889. The summed E-state index contributed by atoms with van der Waals surface area (Å²) in [5.74, 6) is 3.43. The van der Waals surface area contributed by atoms with Gasteiger partial charge in [-0.3, -0.25) is 0 Å². The maximum absolute atomic E-state index is 4.52. The summed E-state index contributed by atoms with van der Waals surface area (Å²) < 4.78 is 1.83. The number of rotatable bonds is 5. The fraction of sp³-hybridized carbons (Fsp3) is 0.538. The van der Waals surface area contributed by atoms with Crippen molar-refractivity contribution in [3.63, 3.8) is 0 Å². The Kier molecular flexibility index (Phi) is 4.09. The zero-order valence-electron chi connectivity index (χ0n) is 11.9. The summed E-state index contributed by atoms with van der Waals surface area (Å²) in [7, 11) is 0. The van der Waals surface area contributed by atoms with Crippen LogP contribution < -0.4 is 5.32 Å². The minimum absolute atomic E-state index is 0.801. The average molecular weight is 260 g/mol. The highest BCUT2D eigenvalue weighted by Crippen LogP contribution is 2.18. The fourth-order valence-electron chi connectivity index (χ4n) is 1.94. The van der Waals surface area contributed by atoms with Crippen molar-refractivity contribution in [1.82, 2.24) is 24.7 Å². The van der Waals surface area contributed by atoms with Gasteiger partial charge in [0.2, 0.25) is 0 Å². The molecule has 19 heavy (non-hydrogen) atoms. The summed E-state index contributed by atoms with van der Waals surface area (Å²) in [6.45, 7) is 9.00. The molecule has 102 valence electrons. The van der Waals surface area contributed by atoms with E-state index < -0.39 is 0 Å². The summed E-state index contributed by atoms with van der Waals surface area (Å²) in [5, 5.41) is 7.75. The first-order valence-electron chi connectivity index (χ1n) is 6.71. The van der Waals surface area contributed by atoms with Crippen LogP contribution in [0.3, 0.4) is 0 Å². The Morgan fingerprint density at radius 2 is 1.95 bits per heavy atom. The lowest BCUT2D eigenvalue weighted by atomic mass is 10.3. The van der Waals surface area contributed by atoms with Crippen LogP contribution in [0.25, 0.3) is 5.82 Å². The molecule has 0 radical (unpaired) electrons. The van der Waals surface area contributed by atoms with Crippen molar-refractivity contribution < 1.29 is 0 Å². The van der Waals surface area contributed by atoms with Gasteiger partial charge in [-0.15, -0.1) is 5.10 Å². The standard InChI is InChI=1S/C13H20N6/c1-5-10-17-11(6-2)19(18-10)13-9(4)12(14-7-3)15-8-16-13/h8H,5-7H2,1-4H3,(H,14,15,16). The highest BCUT2D eigenvalue weighted by atomic mass is 15.4. The summed E-state index contributed by atoms with van der Waals surface area (Å²) in [5.41, 5.74) is 0.992. The molecule has 0 unspecified atom stereocenters. The van der Waals surface area contributed by atoms with Gasteiger partial charge in [0.15, 0.2) is 11.6 Å². The van der Waals surface area contributed by atoms with Gasteiger partial charge in [-0.25, -0.2) is 15.0 Å². The van der Waals surface area contributed by atoms with Crippen LogP contribution in [0.5, 0.6) is 0 Å². The Labute approximate surface area is 113 Å². The molecule has 0 aliphatic rings. The van der Waals surface area contributed by atoms with Gasteiger partial charge in [0.1, 0.15) is 18.0 Å². The zero-order chi connectivity index (χ0) is 13.8. The van der Waals surface area contributed by atoms with E-state index in [0.717, 1.165) is 48.2 Å². The van der Waals surface area contributed by atoms with E-state index in [9.17, 15) is 0 Å². The molecular weight excluding hydrogens is 240 g/mol. The third kappa shape index (κ3) is 2.57. The van der Waals surface area contributed by atoms with Gasteiger partial charge in [-0.2, -0.15) is 4.68 Å². The largest absolute Gasteiger partial charge is 0.370 e. The van der Waals surface area contributed by atoms with Crippen molar-refractivity contribution in [2.75, 3.05) is 11.9 Å². The van der Waals surface area contributed by atoms with Crippen molar-refractivity contribution in [3.05, 3.63) is 23.5 Å². The van der Waals surface area contributed by atoms with Gasteiger partial charge >= 0.3 is 0 Å². The van der Waals surface area contributed by atoms with E-state index in [2.05, 4.69) is 39.2 Å². The SMILES string of the molecule is CCNc1ncnc(-n2nc(CC)nc2CC)c1C. The molecule has 0 bridgehead atoms. The molecule has 2 heterocycles. The van der Waals surface area contributed by atoms with Crippen LogP contribution in [0, 0.1) is 6.92 Å². The van der Waals surface area contributed by atoms with E-state index in [1.165, 1.54) is 0 Å². The maximum atomic E-state index is 4.52. The van der Waals surface area contributed by atoms with E-state index >= 15 is 0 Å². The van der Waals surface area contributed by atoms with E-state index in [4.69, 9.17) is 0 Å². The predicted octanol–water partition coefficient (Wildman–Crippen LogP) is 1.92. The van der Waals surface area contributed by atoms with Gasteiger partial charge in [0.25, 0.3) is 0 Å². The van der Waals surface area contributed by atoms with Gasteiger partial charge in [0.05, 0.1) is 0 Å². The first kappa shape index (κ1) is 13.5. The molecule has 0 spiro atoms. The molecule has 2 aromatic rings. The number of aryl methyl sites for hydroxylation is 2. The van der Waals surface area contributed by atoms with Crippen LogP contribution in [0.15, 0.2) is 6.33 Å². The second-order valence-electron chi connectivity index (χ2n) is 4.26. The molecule has 6 nitrogen and oxygen atoms in total. The van der Waals surface area contributed by atoms with Gasteiger partial charge in [-0.05, 0) is 13.8 Å². The number of hydrogen-bond donors (Lipinski definition) is 1. The third-order valence-electron chi connectivity index (χ3n) is 2.95. The molecule has 0 saturated carbocycles. The third-order valence-corrected chi connectivity index (χ3v) is 2.95. The number of nitrogens with zero attached hydrogens (tertiary/aromatic N) is 5. The maximum Gasteiger partial charge on any atom is 0.163 e. The topological polar surface area (TPSA) is 68.5 Å². The monoisotopic (exact) mass is 260 g/mol. The Hall–Kier alpha value is -1.98. The Balaban J connectivity index is 2.52. The minimum Gasteiger partial charge on any atom is -0.370 e. The molecule has 0 aromatic carbocycles. The van der Waals surface area contributed by atoms with Crippen molar-refractivity contribution in [2.45, 2.75) is 40.5 Å². The van der Waals surface area contributed by atoms with Crippen LogP contribution in [0.4, 0.5) is 5.82 Å². The van der Waals surface area contributed by atoms with Crippen molar-refractivity contribution in [1.29, 1.82) is 0 Å². The van der Waals surface area contributed by atoms with Crippen molar-refractivity contribution >= 4 is 5.82 Å². The number of aromatic nitrogens is 5. The Bertz CT molecular complexity index is 560. The smallest absolute Gasteiger partial charge is 0.163 e. The molecule has 1 N–H and O–H groups in total. The lowest BCUT2D eigenvalue weighted by Gasteiger charge is -2.10. The molecular formula is C13H20N6. The molecule has 2 aromatic heterocycles. The summed E-state index contributed by atoms with van der Waals surface area (Å²) in [4.78, 5) is 13.1. The van der Waals surface area contributed by atoms with Crippen molar-refractivity contribution in [3.8, 4) is 5.82 Å². The highest BCUT2D eigenvalue weighted by molar-refractivity contribution is 5.50. The minimum atomic E-state index is 0.801. The van der Waals surface area contributed by atoms with Crippen LogP contribution in [0.2, 0.25) is 0 Å². The zero-order valence-corrected chi connectivity index (χ0v) is 11.9. The molecule has 0 aliphatic heterocycles. The van der Waals surface area contributed by atoms with Gasteiger partial charge in [0, 0.05) is 24.9 Å². The number of nitrogens with one attached hydrogen (secondary N) is 1. The normalized spacial score (nSPS) is 10.7. The van der Waals surface area contributed by atoms with Crippen LogP contribution >= 0.6 is 0 Å². The van der Waals surface area contributed by atoms with E-state index in [1.54, 1.807) is 6.33 Å². The first-order chi connectivity index (χ1) is 9.21. The highest BCUT2D eigenvalue weighted by Gasteiger charge is 2.14. The molecule has 0 atom stereocenters. The Morgan fingerprint density at radius 3 is 2.58 bits per heavy atom. The summed E-state index contributed by atoms with van der Waals surface area (Å²) >= 11 is 0. The number of hydrogen-bond acceptors (Lipinski definition) is 5. The summed E-state index contributed by atoms with van der Waals surface area (Å²) in [6, 6.07) is 0. The first-order valence-corrected chi connectivity index (χ1v) is 6.71. The van der Waals surface area contributed by atoms with Gasteiger partial charge < -0.3 is 5.32 Å². The lowest BCUT2D eigenvalue weighted by molar-refractivity contribution is 0.759. The predicted molar refractivity (Wildman–Crippen MR) is 74.6 cm³/mol. The molecule has 6 heteroatoms. The lowest BCUT2D eigenvalue weighted by Crippen LogP contribution is -2.10. The second-order valence-corrected chi connectivity index (χ2v) is 4.26. The average Bonchev–Trinajstić information content (AvgIpc) is 2.84. The molecule has 0 amide bonds. The molecule has 0 aliphatic carbocycles. The van der Waals surface area contributed by atoms with E-state index in [1.807, 2.05) is 18.5 Å².